The van der Waals surface area contributed by atoms with Crippen molar-refractivity contribution in [3.8, 4) is 0 Å². The lowest BCUT2D eigenvalue weighted by Gasteiger charge is -2.29. The Balaban J connectivity index is 2.88. The first-order valence-electron chi connectivity index (χ1n) is 3.62. The van der Waals surface area contributed by atoms with Gasteiger partial charge >= 0.3 is 5.97 Å². The molecule has 1 saturated heterocycles. The van der Waals surface area contributed by atoms with E-state index in [1.165, 1.54) is 0 Å². The number of carboxylic acids is 1. The van der Waals surface area contributed by atoms with Crippen molar-refractivity contribution in [1.29, 1.82) is 0 Å². The van der Waals surface area contributed by atoms with Gasteiger partial charge in [-0.25, -0.2) is 0 Å². The largest absolute Gasteiger partial charge is 0.480 e. The highest BCUT2D eigenvalue weighted by molar-refractivity contribution is 5.79. The summed E-state index contributed by atoms with van der Waals surface area (Å²) in [7, 11) is 1.71. The van der Waals surface area contributed by atoms with Crippen LogP contribution in [-0.4, -0.2) is 46.3 Å². The minimum atomic E-state index is -1.08. The first kappa shape index (κ1) is 8.49. The van der Waals surface area contributed by atoms with Crippen molar-refractivity contribution in [3.63, 3.8) is 0 Å². The van der Waals surface area contributed by atoms with E-state index in [0.717, 1.165) is 0 Å². The summed E-state index contributed by atoms with van der Waals surface area (Å²) >= 11 is 0. The average molecular weight is 159 g/mol. The molecule has 11 heavy (non-hydrogen) atoms. The van der Waals surface area contributed by atoms with Crippen LogP contribution in [-0.2, 0) is 4.79 Å². The number of rotatable bonds is 1. The van der Waals surface area contributed by atoms with Gasteiger partial charge in [0.1, 0.15) is 5.54 Å². The van der Waals surface area contributed by atoms with Crippen LogP contribution in [0.1, 0.15) is 13.3 Å². The molecule has 1 unspecified atom stereocenters. The number of aliphatic carboxylic acids is 1. The third-order valence-corrected chi connectivity index (χ3v) is 2.61. The minimum Gasteiger partial charge on any atom is -0.480 e. The van der Waals surface area contributed by atoms with E-state index in [1.54, 1.807) is 18.9 Å². The standard InChI is InChI=1S/C7H13NO3/c1-7(6(10)11)5(9)3-4-8(7)2/h5,9H,3-4H2,1-2H3,(H,10,11)/t5?,7-/m0/s1. The Bertz CT molecular complexity index is 171. The molecule has 1 fully saturated rings. The molecular formula is C7H13NO3. The molecule has 0 spiro atoms. The van der Waals surface area contributed by atoms with Gasteiger partial charge in [-0.2, -0.15) is 0 Å². The minimum absolute atomic E-state index is 0.541. The fourth-order valence-electron chi connectivity index (χ4n) is 1.39. The maximum Gasteiger partial charge on any atom is 0.326 e. The fourth-order valence-corrected chi connectivity index (χ4v) is 1.39. The Morgan fingerprint density at radius 1 is 1.73 bits per heavy atom. The van der Waals surface area contributed by atoms with Crippen molar-refractivity contribution in [2.75, 3.05) is 13.6 Å². The zero-order valence-electron chi connectivity index (χ0n) is 6.74. The third kappa shape index (κ3) is 1.02. The summed E-state index contributed by atoms with van der Waals surface area (Å²) < 4.78 is 0. The summed E-state index contributed by atoms with van der Waals surface area (Å²) in [5.74, 6) is -0.954. The Hall–Kier alpha value is -0.610. The van der Waals surface area contributed by atoms with E-state index in [4.69, 9.17) is 5.11 Å². The molecule has 1 aliphatic heterocycles. The molecule has 2 atom stereocenters. The van der Waals surface area contributed by atoms with Crippen molar-refractivity contribution >= 4 is 5.97 Å². The van der Waals surface area contributed by atoms with Gasteiger partial charge in [0.2, 0.25) is 0 Å². The fraction of sp³-hybridized carbons (Fsp3) is 0.857. The number of likely N-dealkylation sites (N-methyl/N-ethyl adjacent to an activating group) is 1. The Kier molecular flexibility index (Phi) is 1.90. The highest BCUT2D eigenvalue weighted by atomic mass is 16.4. The SMILES string of the molecule is CN1CCC(O)[C@@]1(C)C(=O)O. The van der Waals surface area contributed by atoms with Crippen LogP contribution in [0.5, 0.6) is 0 Å². The lowest BCUT2D eigenvalue weighted by atomic mass is 9.96. The zero-order valence-corrected chi connectivity index (χ0v) is 6.74. The van der Waals surface area contributed by atoms with Crippen molar-refractivity contribution in [2.24, 2.45) is 0 Å². The number of likely N-dealkylation sites (tertiary alicyclic amines) is 1. The monoisotopic (exact) mass is 159 g/mol. The Labute approximate surface area is 65.4 Å². The van der Waals surface area contributed by atoms with Gasteiger partial charge in [0, 0.05) is 6.54 Å². The molecule has 0 bridgehead atoms. The number of carbonyl (C=O) groups is 1. The average Bonchev–Trinajstić information content (AvgIpc) is 2.18. The third-order valence-electron chi connectivity index (χ3n) is 2.61. The van der Waals surface area contributed by atoms with Crippen LogP contribution in [0.4, 0.5) is 0 Å². The van der Waals surface area contributed by atoms with Crippen LogP contribution >= 0.6 is 0 Å². The van der Waals surface area contributed by atoms with Gasteiger partial charge < -0.3 is 10.2 Å². The summed E-state index contributed by atoms with van der Waals surface area (Å²) in [6.45, 7) is 2.19. The zero-order chi connectivity index (χ0) is 8.65. The molecule has 4 nitrogen and oxygen atoms in total. The number of hydrogen-bond donors (Lipinski definition) is 2. The van der Waals surface area contributed by atoms with Crippen molar-refractivity contribution < 1.29 is 15.0 Å². The van der Waals surface area contributed by atoms with Gasteiger partial charge in [-0.15, -0.1) is 0 Å². The van der Waals surface area contributed by atoms with Crippen LogP contribution in [0.2, 0.25) is 0 Å². The number of aliphatic hydroxyl groups is 1. The lowest BCUT2D eigenvalue weighted by molar-refractivity contribution is -0.152. The summed E-state index contributed by atoms with van der Waals surface area (Å²) in [5.41, 5.74) is -1.08. The number of carboxylic acid groups (broad SMARTS) is 1. The molecule has 2 N–H and O–H groups in total. The van der Waals surface area contributed by atoms with Crippen LogP contribution in [0.15, 0.2) is 0 Å². The quantitative estimate of drug-likeness (QED) is 0.543. The molecular weight excluding hydrogens is 146 g/mol. The molecule has 4 heteroatoms. The maximum atomic E-state index is 10.7. The lowest BCUT2D eigenvalue weighted by Crippen LogP contribution is -2.52. The second-order valence-corrected chi connectivity index (χ2v) is 3.18. The molecule has 0 aromatic rings. The van der Waals surface area contributed by atoms with Gasteiger partial charge in [0.25, 0.3) is 0 Å². The molecule has 1 rings (SSSR count). The highest BCUT2D eigenvalue weighted by Crippen LogP contribution is 2.27. The van der Waals surface area contributed by atoms with Gasteiger partial charge in [0.05, 0.1) is 6.10 Å². The van der Waals surface area contributed by atoms with Crippen LogP contribution in [0, 0.1) is 0 Å². The van der Waals surface area contributed by atoms with Crippen LogP contribution in [0.25, 0.3) is 0 Å². The Morgan fingerprint density at radius 3 is 2.45 bits per heavy atom. The second-order valence-electron chi connectivity index (χ2n) is 3.18. The smallest absolute Gasteiger partial charge is 0.326 e. The molecule has 0 aromatic carbocycles. The molecule has 64 valence electrons. The molecule has 0 saturated carbocycles. The van der Waals surface area contributed by atoms with E-state index in [0.29, 0.717) is 13.0 Å². The Morgan fingerprint density at radius 2 is 2.27 bits per heavy atom. The van der Waals surface area contributed by atoms with Crippen LogP contribution < -0.4 is 0 Å². The van der Waals surface area contributed by atoms with Gasteiger partial charge in [-0.1, -0.05) is 0 Å². The molecule has 1 heterocycles. The molecule has 0 amide bonds. The summed E-state index contributed by atoms with van der Waals surface area (Å²) in [4.78, 5) is 12.4. The van der Waals surface area contributed by atoms with E-state index in [1.807, 2.05) is 0 Å². The maximum absolute atomic E-state index is 10.7. The van der Waals surface area contributed by atoms with Gasteiger partial charge in [-0.3, -0.25) is 9.69 Å². The van der Waals surface area contributed by atoms with Crippen molar-refractivity contribution in [2.45, 2.75) is 25.0 Å². The molecule has 1 aliphatic rings. The summed E-state index contributed by atoms with van der Waals surface area (Å²) in [5, 5.41) is 18.2. The number of nitrogens with zero attached hydrogens (tertiary/aromatic N) is 1. The second kappa shape index (κ2) is 2.46. The van der Waals surface area contributed by atoms with Crippen molar-refractivity contribution in [3.05, 3.63) is 0 Å². The summed E-state index contributed by atoms with van der Waals surface area (Å²) in [6, 6.07) is 0. The number of hydrogen-bond acceptors (Lipinski definition) is 3. The predicted molar refractivity (Wildman–Crippen MR) is 39.3 cm³/mol. The topological polar surface area (TPSA) is 60.8 Å². The number of aliphatic hydroxyl groups excluding tert-OH is 1. The van der Waals surface area contributed by atoms with E-state index >= 15 is 0 Å². The van der Waals surface area contributed by atoms with E-state index in [2.05, 4.69) is 0 Å². The first-order chi connectivity index (χ1) is 4.99. The van der Waals surface area contributed by atoms with E-state index in [9.17, 15) is 9.90 Å². The summed E-state index contributed by atoms with van der Waals surface area (Å²) in [6.07, 6.45) is -0.204. The van der Waals surface area contributed by atoms with Gasteiger partial charge in [0.15, 0.2) is 0 Å². The first-order valence-corrected chi connectivity index (χ1v) is 3.62. The van der Waals surface area contributed by atoms with E-state index < -0.39 is 17.6 Å². The molecule has 0 radical (unpaired) electrons. The van der Waals surface area contributed by atoms with Gasteiger partial charge in [-0.05, 0) is 20.4 Å². The van der Waals surface area contributed by atoms with Crippen LogP contribution in [0.3, 0.4) is 0 Å². The molecule has 0 aliphatic carbocycles. The van der Waals surface area contributed by atoms with E-state index in [-0.39, 0.29) is 0 Å². The predicted octanol–water partition coefficient (Wildman–Crippen LogP) is -0.474. The van der Waals surface area contributed by atoms with Crippen molar-refractivity contribution in [1.82, 2.24) is 4.90 Å². The normalized spacial score (nSPS) is 39.4. The molecule has 0 aromatic heterocycles. The highest BCUT2D eigenvalue weighted by Gasteiger charge is 2.48.